The van der Waals surface area contributed by atoms with Gasteiger partial charge in [0.1, 0.15) is 11.6 Å². The molecule has 3 aromatic rings. The molecule has 0 saturated heterocycles. The fourth-order valence-corrected chi connectivity index (χ4v) is 3.84. The van der Waals surface area contributed by atoms with Crippen LogP contribution in [-0.4, -0.2) is 27.3 Å². The summed E-state index contributed by atoms with van der Waals surface area (Å²) < 4.78 is 20.7. The number of hydrogen-bond donors (Lipinski definition) is 1. The number of nitrogens with zero attached hydrogens (tertiary/aromatic N) is 3. The Hall–Kier alpha value is -3.48. The quantitative estimate of drug-likeness (QED) is 0.512. The van der Waals surface area contributed by atoms with Gasteiger partial charge in [0.2, 0.25) is 0 Å². The van der Waals surface area contributed by atoms with Crippen LogP contribution < -0.4 is 10.1 Å². The molecule has 4 rings (SSSR count). The van der Waals surface area contributed by atoms with Gasteiger partial charge in [-0.2, -0.15) is 0 Å². The van der Waals surface area contributed by atoms with Gasteiger partial charge in [-0.3, -0.25) is 9.78 Å². The number of anilines is 1. The largest absolute Gasteiger partial charge is 0.454 e. The fraction of sp³-hybridized carbons (Fsp3) is 0.346. The van der Waals surface area contributed by atoms with Gasteiger partial charge in [-0.15, -0.1) is 0 Å². The number of hydrogen-bond acceptors (Lipinski definition) is 5. The van der Waals surface area contributed by atoms with E-state index in [0.717, 1.165) is 16.8 Å². The van der Waals surface area contributed by atoms with Crippen LogP contribution in [0.15, 0.2) is 48.8 Å². The van der Waals surface area contributed by atoms with Crippen molar-refractivity contribution < 1.29 is 13.9 Å². The van der Waals surface area contributed by atoms with Crippen molar-refractivity contribution >= 4 is 11.7 Å². The second-order valence-corrected chi connectivity index (χ2v) is 9.29. The Balaban J connectivity index is 1.51. The number of pyridine rings is 2. The van der Waals surface area contributed by atoms with Crippen LogP contribution >= 0.6 is 0 Å². The topological polar surface area (TPSA) is 67.3 Å². The molecule has 0 bridgehead atoms. The van der Waals surface area contributed by atoms with Crippen molar-refractivity contribution in [1.29, 1.82) is 0 Å². The summed E-state index contributed by atoms with van der Waals surface area (Å²) in [5, 5.41) is 3.34. The zero-order valence-corrected chi connectivity index (χ0v) is 19.6. The van der Waals surface area contributed by atoms with E-state index in [2.05, 4.69) is 36.1 Å². The maximum Gasteiger partial charge on any atom is 0.254 e. The third-order valence-electron chi connectivity index (χ3n) is 5.84. The molecule has 1 amide bonds. The second kappa shape index (κ2) is 8.81. The number of fused-ring (bicyclic) bond motifs is 1. The predicted octanol–water partition coefficient (Wildman–Crippen LogP) is 5.85. The Kier molecular flexibility index (Phi) is 6.06. The van der Waals surface area contributed by atoms with Gasteiger partial charge in [-0.05, 0) is 43.7 Å². The van der Waals surface area contributed by atoms with Crippen LogP contribution in [0.3, 0.4) is 0 Å². The lowest BCUT2D eigenvalue weighted by molar-refractivity contribution is 0.0787. The van der Waals surface area contributed by atoms with E-state index >= 15 is 0 Å². The van der Waals surface area contributed by atoms with Crippen LogP contribution in [0.2, 0.25) is 0 Å². The van der Waals surface area contributed by atoms with Crippen LogP contribution in [-0.2, 0) is 12.0 Å². The van der Waals surface area contributed by atoms with Gasteiger partial charge >= 0.3 is 0 Å². The van der Waals surface area contributed by atoms with E-state index < -0.39 is 5.82 Å². The molecular weight excluding hydrogens is 419 g/mol. The van der Waals surface area contributed by atoms with E-state index in [1.165, 1.54) is 6.07 Å². The van der Waals surface area contributed by atoms with Crippen molar-refractivity contribution in [3.05, 3.63) is 77.0 Å². The maximum absolute atomic E-state index is 14.9. The second-order valence-electron chi connectivity index (χ2n) is 9.29. The van der Waals surface area contributed by atoms with Gasteiger partial charge in [0, 0.05) is 47.2 Å². The molecule has 0 radical (unpaired) electrons. The van der Waals surface area contributed by atoms with Gasteiger partial charge in [-0.1, -0.05) is 26.8 Å². The first-order valence-corrected chi connectivity index (χ1v) is 11.1. The molecular formula is C26H29FN4O2. The molecule has 1 aliphatic rings. The van der Waals surface area contributed by atoms with Gasteiger partial charge in [0.05, 0.1) is 12.6 Å². The number of carbonyl (C=O) groups excluding carboxylic acids is 1. The van der Waals surface area contributed by atoms with Crippen molar-refractivity contribution in [1.82, 2.24) is 14.9 Å². The van der Waals surface area contributed by atoms with Crippen LogP contribution in [0, 0.1) is 5.82 Å². The van der Waals surface area contributed by atoms with Crippen LogP contribution in [0.4, 0.5) is 10.2 Å². The lowest BCUT2D eigenvalue weighted by Crippen LogP contribution is -2.22. The molecule has 2 aromatic heterocycles. The summed E-state index contributed by atoms with van der Waals surface area (Å²) in [5.41, 5.74) is 3.04. The van der Waals surface area contributed by atoms with Crippen molar-refractivity contribution in [2.45, 2.75) is 52.6 Å². The minimum Gasteiger partial charge on any atom is -0.454 e. The highest BCUT2D eigenvalue weighted by molar-refractivity contribution is 5.99. The summed E-state index contributed by atoms with van der Waals surface area (Å²) in [6, 6.07) is 10.0. The summed E-state index contributed by atoms with van der Waals surface area (Å²) in [5.74, 6) is 0.913. The summed E-state index contributed by atoms with van der Waals surface area (Å²) in [7, 11) is 0. The van der Waals surface area contributed by atoms with Gasteiger partial charge < -0.3 is 15.0 Å². The third-order valence-corrected chi connectivity index (χ3v) is 5.84. The van der Waals surface area contributed by atoms with Crippen molar-refractivity contribution in [3.63, 3.8) is 0 Å². The van der Waals surface area contributed by atoms with Crippen LogP contribution in [0.1, 0.15) is 67.8 Å². The Labute approximate surface area is 193 Å². The Morgan fingerprint density at radius 3 is 2.61 bits per heavy atom. The van der Waals surface area contributed by atoms with Crippen molar-refractivity contribution in [2.75, 3.05) is 11.9 Å². The number of halogens is 1. The van der Waals surface area contributed by atoms with E-state index in [4.69, 9.17) is 4.74 Å². The molecule has 1 aliphatic heterocycles. The first kappa shape index (κ1) is 22.7. The molecule has 7 heteroatoms. The molecule has 1 unspecified atom stereocenters. The molecule has 172 valence electrons. The van der Waals surface area contributed by atoms with E-state index in [1.54, 1.807) is 35.5 Å². The Bertz CT molecular complexity index is 1190. The number of carbonyl (C=O) groups is 1. The van der Waals surface area contributed by atoms with Gasteiger partial charge in [0.25, 0.3) is 5.91 Å². The molecule has 0 aliphatic carbocycles. The number of rotatable bonds is 6. The van der Waals surface area contributed by atoms with E-state index in [-0.39, 0.29) is 23.1 Å². The first-order chi connectivity index (χ1) is 15.7. The average molecular weight is 449 g/mol. The molecule has 3 heterocycles. The number of aromatic nitrogens is 2. The lowest BCUT2D eigenvalue weighted by Gasteiger charge is -2.19. The third kappa shape index (κ3) is 4.67. The molecule has 0 fully saturated rings. The van der Waals surface area contributed by atoms with E-state index in [1.807, 2.05) is 26.0 Å². The number of nitrogens with one attached hydrogen (secondary N) is 1. The first-order valence-electron chi connectivity index (χ1n) is 11.1. The number of benzene rings is 1. The molecule has 0 saturated carbocycles. The minimum absolute atomic E-state index is 0.0175. The van der Waals surface area contributed by atoms with Crippen LogP contribution in [0.5, 0.6) is 11.5 Å². The van der Waals surface area contributed by atoms with Crippen molar-refractivity contribution in [2.24, 2.45) is 0 Å². The molecule has 0 spiro atoms. The molecule has 33 heavy (non-hydrogen) atoms. The summed E-state index contributed by atoms with van der Waals surface area (Å²) in [4.78, 5) is 23.0. The zero-order valence-electron chi connectivity index (χ0n) is 19.6. The number of amides is 1. The standard InChI is InChI=1S/C26H29FN4O2/c1-6-31-15-20-19(25(31)32)10-12-29-24(20)30-16(2)17-7-8-22(21(27)13-17)33-18-9-11-28-23(14-18)26(3,4)5/h7-14,16H,6,15H2,1-5H3,(H,29,30). The highest BCUT2D eigenvalue weighted by atomic mass is 19.1. The Morgan fingerprint density at radius 2 is 1.91 bits per heavy atom. The lowest BCUT2D eigenvalue weighted by atomic mass is 9.92. The minimum atomic E-state index is -0.450. The van der Waals surface area contributed by atoms with Crippen molar-refractivity contribution in [3.8, 4) is 11.5 Å². The number of ether oxygens (including phenoxy) is 1. The zero-order chi connectivity index (χ0) is 23.8. The fourth-order valence-electron chi connectivity index (χ4n) is 3.84. The highest BCUT2D eigenvalue weighted by Gasteiger charge is 2.29. The van der Waals surface area contributed by atoms with Gasteiger partial charge in [0.15, 0.2) is 11.6 Å². The summed E-state index contributed by atoms with van der Waals surface area (Å²) in [6.07, 6.45) is 3.30. The SMILES string of the molecule is CCN1Cc2c(ccnc2NC(C)c2ccc(Oc3ccnc(C(C)(C)C)c3)c(F)c2)C1=O. The maximum atomic E-state index is 14.9. The molecule has 6 nitrogen and oxygen atoms in total. The molecule has 1 N–H and O–H groups in total. The van der Waals surface area contributed by atoms with E-state index in [9.17, 15) is 9.18 Å². The monoisotopic (exact) mass is 448 g/mol. The summed E-state index contributed by atoms with van der Waals surface area (Å²) >= 11 is 0. The van der Waals surface area contributed by atoms with Gasteiger partial charge in [-0.25, -0.2) is 9.37 Å². The Morgan fingerprint density at radius 1 is 1.15 bits per heavy atom. The van der Waals surface area contributed by atoms with Crippen LogP contribution in [0.25, 0.3) is 0 Å². The predicted molar refractivity (Wildman–Crippen MR) is 126 cm³/mol. The van der Waals surface area contributed by atoms with E-state index in [0.29, 0.717) is 30.2 Å². The highest BCUT2D eigenvalue weighted by Crippen LogP contribution is 2.32. The average Bonchev–Trinajstić information content (AvgIpc) is 3.11. The summed E-state index contributed by atoms with van der Waals surface area (Å²) in [6.45, 7) is 11.3. The molecule has 1 atom stereocenters. The molecule has 1 aromatic carbocycles. The smallest absolute Gasteiger partial charge is 0.254 e. The normalized spacial score (nSPS) is 14.2.